The first kappa shape index (κ1) is 18.9. The molecule has 2 amide bonds. The number of hydrogen-bond donors (Lipinski definition) is 0. The van der Waals surface area contributed by atoms with E-state index < -0.39 is 0 Å². The van der Waals surface area contributed by atoms with Crippen LogP contribution in [0.3, 0.4) is 0 Å². The molecule has 26 heavy (non-hydrogen) atoms. The van der Waals surface area contributed by atoms with Gasteiger partial charge in [0.05, 0.1) is 12.1 Å². The summed E-state index contributed by atoms with van der Waals surface area (Å²) in [6.45, 7) is 9.14. The van der Waals surface area contributed by atoms with E-state index in [1.165, 1.54) is 0 Å². The Morgan fingerprint density at radius 2 is 2.08 bits per heavy atom. The fourth-order valence-electron chi connectivity index (χ4n) is 4.43. The fourth-order valence-corrected chi connectivity index (χ4v) is 4.43. The van der Waals surface area contributed by atoms with Gasteiger partial charge < -0.3 is 14.3 Å². The molecule has 1 aromatic rings. The highest BCUT2D eigenvalue weighted by Crippen LogP contribution is 2.39. The number of hydrogen-bond acceptors (Lipinski definition) is 4. The van der Waals surface area contributed by atoms with E-state index >= 15 is 0 Å². The van der Waals surface area contributed by atoms with E-state index in [1.54, 1.807) is 0 Å². The van der Waals surface area contributed by atoms with Crippen LogP contribution in [0.4, 0.5) is 0 Å². The first-order valence-corrected chi connectivity index (χ1v) is 9.91. The van der Waals surface area contributed by atoms with Crippen molar-refractivity contribution in [2.45, 2.75) is 65.7 Å². The number of carbonyl (C=O) groups excluding carboxylic acids is 2. The van der Waals surface area contributed by atoms with Crippen LogP contribution in [0.5, 0.6) is 0 Å². The molecule has 0 radical (unpaired) electrons. The molecule has 6 nitrogen and oxygen atoms in total. The Labute approximate surface area is 155 Å². The number of rotatable bonds is 5. The van der Waals surface area contributed by atoms with Gasteiger partial charge in [0.25, 0.3) is 0 Å². The molecule has 1 atom stereocenters. The van der Waals surface area contributed by atoms with Gasteiger partial charge in [0, 0.05) is 43.6 Å². The predicted molar refractivity (Wildman–Crippen MR) is 98.7 cm³/mol. The van der Waals surface area contributed by atoms with Gasteiger partial charge in [-0.1, -0.05) is 18.5 Å². The second kappa shape index (κ2) is 7.80. The molecule has 0 N–H and O–H groups in total. The molecular formula is C20H31N3O3. The molecule has 0 aliphatic carbocycles. The minimum atomic E-state index is 0.0777. The summed E-state index contributed by atoms with van der Waals surface area (Å²) in [5, 5.41) is 3.95. The van der Waals surface area contributed by atoms with Crippen LogP contribution in [-0.2, 0) is 16.0 Å². The van der Waals surface area contributed by atoms with Crippen LogP contribution in [0.2, 0.25) is 0 Å². The maximum atomic E-state index is 12.9. The van der Waals surface area contributed by atoms with Gasteiger partial charge in [-0.05, 0) is 39.5 Å². The summed E-state index contributed by atoms with van der Waals surface area (Å²) >= 11 is 0. The van der Waals surface area contributed by atoms with Crippen LogP contribution in [-0.4, -0.2) is 52.9 Å². The van der Waals surface area contributed by atoms with E-state index in [0.717, 1.165) is 75.3 Å². The van der Waals surface area contributed by atoms with E-state index in [4.69, 9.17) is 4.52 Å². The van der Waals surface area contributed by atoms with Crippen molar-refractivity contribution in [2.24, 2.45) is 5.41 Å². The zero-order valence-electron chi connectivity index (χ0n) is 16.3. The van der Waals surface area contributed by atoms with Crippen LogP contribution in [0, 0.1) is 19.3 Å². The van der Waals surface area contributed by atoms with Gasteiger partial charge in [-0.3, -0.25) is 9.59 Å². The van der Waals surface area contributed by atoms with Crippen LogP contribution in [0.15, 0.2) is 4.52 Å². The van der Waals surface area contributed by atoms with Gasteiger partial charge in [0.15, 0.2) is 0 Å². The lowest BCUT2D eigenvalue weighted by molar-refractivity contribution is -0.142. The van der Waals surface area contributed by atoms with Crippen molar-refractivity contribution >= 4 is 11.8 Å². The van der Waals surface area contributed by atoms with Gasteiger partial charge in [-0.2, -0.15) is 0 Å². The summed E-state index contributed by atoms with van der Waals surface area (Å²) < 4.78 is 5.19. The fraction of sp³-hybridized carbons (Fsp3) is 0.750. The predicted octanol–water partition coefficient (Wildman–Crippen LogP) is 2.87. The molecule has 1 spiro atoms. The third-order valence-electron chi connectivity index (χ3n) is 6.05. The average Bonchev–Trinajstić information content (AvgIpc) is 2.95. The van der Waals surface area contributed by atoms with Crippen molar-refractivity contribution in [3.05, 3.63) is 17.0 Å². The van der Waals surface area contributed by atoms with Crippen LogP contribution in [0.25, 0.3) is 0 Å². The Kier molecular flexibility index (Phi) is 5.68. The van der Waals surface area contributed by atoms with Crippen molar-refractivity contribution in [3.63, 3.8) is 0 Å². The minimum Gasteiger partial charge on any atom is -0.361 e. The summed E-state index contributed by atoms with van der Waals surface area (Å²) in [7, 11) is 0. The quantitative estimate of drug-likeness (QED) is 0.809. The third kappa shape index (κ3) is 3.94. The number of piperidine rings is 2. The number of carbonyl (C=O) groups is 2. The molecule has 0 aromatic carbocycles. The van der Waals surface area contributed by atoms with Crippen LogP contribution < -0.4 is 0 Å². The van der Waals surface area contributed by atoms with E-state index in [1.807, 2.05) is 23.6 Å². The highest BCUT2D eigenvalue weighted by atomic mass is 16.5. The van der Waals surface area contributed by atoms with Gasteiger partial charge in [0.2, 0.25) is 11.8 Å². The highest BCUT2D eigenvalue weighted by molar-refractivity contribution is 5.80. The van der Waals surface area contributed by atoms with Gasteiger partial charge in [-0.15, -0.1) is 0 Å². The van der Waals surface area contributed by atoms with E-state index in [0.29, 0.717) is 12.8 Å². The lowest BCUT2D eigenvalue weighted by atomic mass is 9.73. The smallest absolute Gasteiger partial charge is 0.227 e. The van der Waals surface area contributed by atoms with E-state index in [2.05, 4.69) is 12.1 Å². The molecule has 0 saturated carbocycles. The first-order valence-electron chi connectivity index (χ1n) is 9.91. The normalized spacial score (nSPS) is 23.7. The topological polar surface area (TPSA) is 66.7 Å². The van der Waals surface area contributed by atoms with Crippen molar-refractivity contribution in [3.8, 4) is 0 Å². The number of amides is 2. The molecular weight excluding hydrogens is 330 g/mol. The van der Waals surface area contributed by atoms with Crippen LogP contribution >= 0.6 is 0 Å². The second-order valence-electron chi connectivity index (χ2n) is 8.07. The van der Waals surface area contributed by atoms with E-state index in [9.17, 15) is 9.59 Å². The Morgan fingerprint density at radius 3 is 2.77 bits per heavy atom. The number of nitrogens with zero attached hydrogens (tertiary/aromatic N) is 3. The Hall–Kier alpha value is -1.85. The zero-order chi connectivity index (χ0) is 18.7. The molecule has 0 bridgehead atoms. The lowest BCUT2D eigenvalue weighted by Gasteiger charge is -2.48. The molecule has 0 unspecified atom stereocenters. The summed E-state index contributed by atoms with van der Waals surface area (Å²) in [5.41, 5.74) is 1.79. The van der Waals surface area contributed by atoms with Crippen molar-refractivity contribution < 1.29 is 14.1 Å². The number of aryl methyl sites for hydroxylation is 2. The minimum absolute atomic E-state index is 0.0777. The largest absolute Gasteiger partial charge is 0.361 e. The Morgan fingerprint density at radius 1 is 1.27 bits per heavy atom. The average molecular weight is 361 g/mol. The van der Waals surface area contributed by atoms with Gasteiger partial charge >= 0.3 is 0 Å². The molecule has 2 saturated heterocycles. The maximum Gasteiger partial charge on any atom is 0.227 e. The highest BCUT2D eigenvalue weighted by Gasteiger charge is 2.42. The molecule has 1 aromatic heterocycles. The van der Waals surface area contributed by atoms with E-state index in [-0.39, 0.29) is 17.2 Å². The Bertz CT molecular complexity index is 650. The zero-order valence-corrected chi connectivity index (χ0v) is 16.3. The standard InChI is InChI=1S/C20H31N3O3/c1-4-5-10-22-13-20(9-7-18(22)24)8-6-11-23(14-20)19(25)12-17-15(2)21-26-16(17)3/h4-14H2,1-3H3/t20-/m1/s1. The van der Waals surface area contributed by atoms with Gasteiger partial charge in [-0.25, -0.2) is 0 Å². The molecule has 3 rings (SSSR count). The third-order valence-corrected chi connectivity index (χ3v) is 6.05. The second-order valence-corrected chi connectivity index (χ2v) is 8.07. The summed E-state index contributed by atoms with van der Waals surface area (Å²) in [6, 6.07) is 0. The first-order chi connectivity index (χ1) is 12.4. The molecule has 2 aliphatic heterocycles. The molecule has 6 heteroatoms. The number of unbranched alkanes of at least 4 members (excludes halogenated alkanes) is 1. The van der Waals surface area contributed by atoms with Crippen molar-refractivity contribution in [2.75, 3.05) is 26.2 Å². The molecule has 3 heterocycles. The lowest BCUT2D eigenvalue weighted by Crippen LogP contribution is -2.55. The number of likely N-dealkylation sites (tertiary alicyclic amines) is 2. The maximum absolute atomic E-state index is 12.9. The summed E-state index contributed by atoms with van der Waals surface area (Å²) in [5.74, 6) is 1.16. The summed E-state index contributed by atoms with van der Waals surface area (Å²) in [4.78, 5) is 29.2. The van der Waals surface area contributed by atoms with Gasteiger partial charge in [0.1, 0.15) is 5.76 Å². The number of aromatic nitrogens is 1. The monoisotopic (exact) mass is 361 g/mol. The molecule has 2 aliphatic rings. The molecule has 144 valence electrons. The summed E-state index contributed by atoms with van der Waals surface area (Å²) in [6.07, 6.45) is 6.16. The SMILES string of the molecule is CCCCN1C[C@@]2(CCCN(C(=O)Cc3c(C)noc3C)C2)CCC1=O. The van der Waals surface area contributed by atoms with Crippen molar-refractivity contribution in [1.29, 1.82) is 0 Å². The molecule has 2 fully saturated rings. The Balaban J connectivity index is 1.66. The van der Waals surface area contributed by atoms with Crippen molar-refractivity contribution in [1.82, 2.24) is 15.0 Å². The van der Waals surface area contributed by atoms with Crippen LogP contribution in [0.1, 0.15) is 62.5 Å².